The Morgan fingerprint density at radius 1 is 0.700 bits per heavy atom. The fraction of sp³-hybridized carbons (Fsp3) is 0.0769. The molecule has 30 heavy (non-hydrogen) atoms. The van der Waals surface area contributed by atoms with E-state index in [1.165, 1.54) is 0 Å². The highest BCUT2D eigenvalue weighted by Crippen LogP contribution is 2.19. The maximum Gasteiger partial charge on any atom is 0.251 e. The number of rotatable bonds is 6. The summed E-state index contributed by atoms with van der Waals surface area (Å²) >= 11 is 0. The summed E-state index contributed by atoms with van der Waals surface area (Å²) in [6, 6.07) is 31.6. The molecule has 148 valence electrons. The lowest BCUT2D eigenvalue weighted by Gasteiger charge is -2.19. The van der Waals surface area contributed by atoms with Crippen LogP contribution >= 0.6 is 0 Å². The Morgan fingerprint density at radius 2 is 1.33 bits per heavy atom. The molecule has 0 aromatic heterocycles. The molecule has 0 unspecified atom stereocenters. The number of anilines is 1. The van der Waals surface area contributed by atoms with Gasteiger partial charge in [0, 0.05) is 17.7 Å². The van der Waals surface area contributed by atoms with E-state index in [1.54, 1.807) is 24.3 Å². The van der Waals surface area contributed by atoms with Crippen LogP contribution in [-0.4, -0.2) is 17.9 Å². The second kappa shape index (κ2) is 9.05. The molecule has 2 N–H and O–H groups in total. The summed E-state index contributed by atoms with van der Waals surface area (Å²) in [5, 5.41) is 8.00. The van der Waals surface area contributed by atoms with E-state index in [9.17, 15) is 9.59 Å². The molecule has 2 amide bonds. The van der Waals surface area contributed by atoms with Gasteiger partial charge in [-0.2, -0.15) is 0 Å². The van der Waals surface area contributed by atoms with Gasteiger partial charge in [-0.1, -0.05) is 78.9 Å². The number of carbonyl (C=O) groups is 2. The van der Waals surface area contributed by atoms with Crippen molar-refractivity contribution in [2.75, 3.05) is 5.32 Å². The quantitative estimate of drug-likeness (QED) is 0.493. The topological polar surface area (TPSA) is 58.2 Å². The Labute approximate surface area is 175 Å². The summed E-state index contributed by atoms with van der Waals surface area (Å²) in [6.07, 6.45) is 0.402. The third-order valence-electron chi connectivity index (χ3n) is 4.96. The van der Waals surface area contributed by atoms with Gasteiger partial charge in [0.25, 0.3) is 5.91 Å². The minimum absolute atomic E-state index is 0.251. The lowest BCUT2D eigenvalue weighted by atomic mass is 10.0. The molecular weight excluding hydrogens is 372 g/mol. The van der Waals surface area contributed by atoms with Crippen LogP contribution in [0.4, 0.5) is 5.69 Å². The number of fused-ring (bicyclic) bond motifs is 1. The Kier molecular flexibility index (Phi) is 5.85. The maximum absolute atomic E-state index is 13.1. The lowest BCUT2D eigenvalue weighted by Crippen LogP contribution is -2.45. The molecule has 0 radical (unpaired) electrons. The zero-order valence-corrected chi connectivity index (χ0v) is 16.4. The van der Waals surface area contributed by atoms with E-state index >= 15 is 0 Å². The normalized spacial score (nSPS) is 11.6. The number of nitrogens with one attached hydrogen (secondary N) is 2. The summed E-state index contributed by atoms with van der Waals surface area (Å²) in [7, 11) is 0. The van der Waals surface area contributed by atoms with Crippen LogP contribution in [0.15, 0.2) is 103 Å². The van der Waals surface area contributed by atoms with Crippen molar-refractivity contribution in [3.05, 3.63) is 114 Å². The molecule has 1 atom stereocenters. The molecule has 0 fully saturated rings. The van der Waals surface area contributed by atoms with Crippen molar-refractivity contribution >= 4 is 28.3 Å². The molecule has 4 heteroatoms. The molecule has 0 saturated heterocycles. The summed E-state index contributed by atoms with van der Waals surface area (Å²) < 4.78 is 0. The predicted octanol–water partition coefficient (Wildman–Crippen LogP) is 4.82. The molecule has 0 spiro atoms. The molecule has 0 aliphatic heterocycles. The second-order valence-electron chi connectivity index (χ2n) is 7.13. The second-order valence-corrected chi connectivity index (χ2v) is 7.13. The third-order valence-corrected chi connectivity index (χ3v) is 4.96. The highest BCUT2D eigenvalue weighted by molar-refractivity contribution is 6.02. The van der Waals surface area contributed by atoms with Crippen molar-refractivity contribution in [3.63, 3.8) is 0 Å². The molecule has 4 rings (SSSR count). The summed E-state index contributed by atoms with van der Waals surface area (Å²) in [6.45, 7) is 0. The molecular formula is C26H22N2O2. The van der Waals surface area contributed by atoms with Crippen LogP contribution in [0, 0.1) is 0 Å². The van der Waals surface area contributed by atoms with Gasteiger partial charge in [0.15, 0.2) is 0 Å². The van der Waals surface area contributed by atoms with Gasteiger partial charge in [-0.15, -0.1) is 0 Å². The van der Waals surface area contributed by atoms with Gasteiger partial charge in [0.05, 0.1) is 0 Å². The van der Waals surface area contributed by atoms with Gasteiger partial charge in [-0.25, -0.2) is 0 Å². The first-order valence-electron chi connectivity index (χ1n) is 9.88. The Balaban J connectivity index is 1.55. The Morgan fingerprint density at radius 3 is 2.07 bits per heavy atom. The Hall–Kier alpha value is -3.92. The Bertz CT molecular complexity index is 1160. The van der Waals surface area contributed by atoms with Crippen LogP contribution in [0.5, 0.6) is 0 Å². The van der Waals surface area contributed by atoms with Crippen LogP contribution in [0.1, 0.15) is 15.9 Å². The van der Waals surface area contributed by atoms with Crippen molar-refractivity contribution in [2.45, 2.75) is 12.5 Å². The first-order chi connectivity index (χ1) is 14.7. The highest BCUT2D eigenvalue weighted by Gasteiger charge is 2.22. The SMILES string of the molecule is O=C(N[C@@H](Cc1ccccc1)C(=O)Nc1ccc2ccccc2c1)c1ccccc1. The number of amides is 2. The van der Waals surface area contributed by atoms with Gasteiger partial charge >= 0.3 is 0 Å². The van der Waals surface area contributed by atoms with E-state index in [0.29, 0.717) is 17.7 Å². The summed E-state index contributed by atoms with van der Waals surface area (Å²) in [5.74, 6) is -0.524. The highest BCUT2D eigenvalue weighted by atomic mass is 16.2. The molecule has 0 aliphatic rings. The van der Waals surface area contributed by atoms with Crippen molar-refractivity contribution in [3.8, 4) is 0 Å². The van der Waals surface area contributed by atoms with Crippen molar-refractivity contribution in [1.82, 2.24) is 5.32 Å². The number of hydrogen-bond donors (Lipinski definition) is 2. The van der Waals surface area contributed by atoms with Crippen LogP contribution < -0.4 is 10.6 Å². The minimum Gasteiger partial charge on any atom is -0.340 e. The van der Waals surface area contributed by atoms with E-state index in [0.717, 1.165) is 16.3 Å². The van der Waals surface area contributed by atoms with E-state index in [-0.39, 0.29) is 11.8 Å². The molecule has 4 nitrogen and oxygen atoms in total. The zero-order valence-electron chi connectivity index (χ0n) is 16.4. The molecule has 0 aliphatic carbocycles. The average molecular weight is 394 g/mol. The van der Waals surface area contributed by atoms with Gasteiger partial charge in [0.1, 0.15) is 6.04 Å². The van der Waals surface area contributed by atoms with Gasteiger partial charge in [0.2, 0.25) is 5.91 Å². The molecule has 4 aromatic carbocycles. The van der Waals surface area contributed by atoms with Crippen LogP contribution in [0.3, 0.4) is 0 Å². The smallest absolute Gasteiger partial charge is 0.251 e. The maximum atomic E-state index is 13.1. The van der Waals surface area contributed by atoms with E-state index in [1.807, 2.05) is 78.9 Å². The van der Waals surface area contributed by atoms with E-state index in [4.69, 9.17) is 0 Å². The van der Waals surface area contributed by atoms with Gasteiger partial charge < -0.3 is 10.6 Å². The van der Waals surface area contributed by atoms with Crippen LogP contribution in [-0.2, 0) is 11.2 Å². The van der Waals surface area contributed by atoms with Crippen molar-refractivity contribution < 1.29 is 9.59 Å². The fourth-order valence-corrected chi connectivity index (χ4v) is 3.39. The summed E-state index contributed by atoms with van der Waals surface area (Å²) in [5.41, 5.74) is 2.20. The molecule has 0 bridgehead atoms. The molecule has 4 aromatic rings. The van der Waals surface area contributed by atoms with Crippen LogP contribution in [0.25, 0.3) is 10.8 Å². The monoisotopic (exact) mass is 394 g/mol. The standard InChI is InChI=1S/C26H22N2O2/c29-25(21-12-5-2-6-13-21)28-24(17-19-9-3-1-4-10-19)26(30)27-23-16-15-20-11-7-8-14-22(20)18-23/h1-16,18,24H,17H2,(H,27,30)(H,28,29)/t24-/m0/s1. The van der Waals surface area contributed by atoms with Crippen molar-refractivity contribution in [1.29, 1.82) is 0 Å². The zero-order chi connectivity index (χ0) is 20.8. The van der Waals surface area contributed by atoms with Gasteiger partial charge in [-0.3, -0.25) is 9.59 Å². The van der Waals surface area contributed by atoms with Crippen LogP contribution in [0.2, 0.25) is 0 Å². The molecule has 0 heterocycles. The molecule has 0 saturated carbocycles. The first kappa shape index (κ1) is 19.4. The van der Waals surface area contributed by atoms with Gasteiger partial charge in [-0.05, 0) is 40.6 Å². The predicted molar refractivity (Wildman–Crippen MR) is 120 cm³/mol. The third kappa shape index (κ3) is 4.73. The number of hydrogen-bond acceptors (Lipinski definition) is 2. The number of carbonyl (C=O) groups excluding carboxylic acids is 2. The summed E-state index contributed by atoms with van der Waals surface area (Å²) in [4.78, 5) is 25.8. The fourth-order valence-electron chi connectivity index (χ4n) is 3.39. The minimum atomic E-state index is -0.702. The first-order valence-corrected chi connectivity index (χ1v) is 9.88. The average Bonchev–Trinajstić information content (AvgIpc) is 2.80. The number of benzene rings is 4. The lowest BCUT2D eigenvalue weighted by molar-refractivity contribution is -0.118. The van der Waals surface area contributed by atoms with E-state index in [2.05, 4.69) is 10.6 Å². The largest absolute Gasteiger partial charge is 0.340 e. The van der Waals surface area contributed by atoms with Crippen molar-refractivity contribution in [2.24, 2.45) is 0 Å². The van der Waals surface area contributed by atoms with E-state index < -0.39 is 6.04 Å².